The van der Waals surface area contributed by atoms with Crippen molar-refractivity contribution in [3.05, 3.63) is 12.2 Å². The first-order valence-electron chi connectivity index (χ1n) is 9.81. The number of rotatable bonds is 14. The molecule has 0 saturated carbocycles. The Bertz CT molecular complexity index is 313. The van der Waals surface area contributed by atoms with Crippen molar-refractivity contribution in [2.45, 2.75) is 115 Å². The monoisotopic (exact) mass is 308 g/mol. The molecule has 0 aromatic heterocycles. The van der Waals surface area contributed by atoms with Crippen LogP contribution in [0.4, 0.5) is 0 Å². The van der Waals surface area contributed by atoms with Gasteiger partial charge in [-0.2, -0.15) is 0 Å². The molecule has 2 heterocycles. The van der Waals surface area contributed by atoms with Crippen LogP contribution in [0.5, 0.6) is 0 Å². The fourth-order valence-corrected chi connectivity index (χ4v) is 3.33. The highest BCUT2D eigenvalue weighted by atomic mass is 16.6. The van der Waals surface area contributed by atoms with Crippen molar-refractivity contribution in [1.82, 2.24) is 0 Å². The van der Waals surface area contributed by atoms with Crippen molar-refractivity contribution < 1.29 is 9.47 Å². The van der Waals surface area contributed by atoms with Gasteiger partial charge in [0.05, 0.1) is 24.4 Å². The zero-order valence-electron chi connectivity index (χ0n) is 14.8. The number of hydrogen-bond acceptors (Lipinski definition) is 2. The molecule has 2 rings (SSSR count). The summed E-state index contributed by atoms with van der Waals surface area (Å²) >= 11 is 0. The summed E-state index contributed by atoms with van der Waals surface area (Å²) in [7, 11) is 0. The number of hydrogen-bond donors (Lipinski definition) is 0. The minimum absolute atomic E-state index is 0.509. The SMILES string of the molecule is CCCCCCCCCCC1OC1C/C=C\CC1OC1CC. The summed E-state index contributed by atoms with van der Waals surface area (Å²) in [6.07, 6.45) is 22.6. The first-order chi connectivity index (χ1) is 10.8. The van der Waals surface area contributed by atoms with Crippen molar-refractivity contribution >= 4 is 0 Å². The van der Waals surface area contributed by atoms with Crippen molar-refractivity contribution in [3.8, 4) is 0 Å². The Morgan fingerprint density at radius 2 is 1.18 bits per heavy atom. The highest BCUT2D eigenvalue weighted by Gasteiger charge is 2.37. The Kier molecular flexibility index (Phi) is 8.54. The standard InChI is InChI=1S/C20H36O2/c1-3-5-6-7-8-9-10-11-14-19-20(22-19)16-13-12-15-18-17(4-2)21-18/h12-13,17-20H,3-11,14-16H2,1-2H3/b13-12-. The topological polar surface area (TPSA) is 25.1 Å². The van der Waals surface area contributed by atoms with E-state index in [2.05, 4.69) is 26.0 Å². The molecule has 22 heavy (non-hydrogen) atoms. The van der Waals surface area contributed by atoms with E-state index in [1.54, 1.807) is 0 Å². The van der Waals surface area contributed by atoms with E-state index in [0.29, 0.717) is 24.4 Å². The molecule has 0 aliphatic carbocycles. The highest BCUT2D eigenvalue weighted by molar-refractivity contribution is 4.97. The van der Waals surface area contributed by atoms with Crippen LogP contribution in [0.2, 0.25) is 0 Å². The molecule has 0 spiro atoms. The minimum atomic E-state index is 0.509. The molecule has 4 atom stereocenters. The van der Waals surface area contributed by atoms with E-state index >= 15 is 0 Å². The summed E-state index contributed by atoms with van der Waals surface area (Å²) in [4.78, 5) is 0. The zero-order chi connectivity index (χ0) is 15.6. The molecule has 128 valence electrons. The fourth-order valence-electron chi connectivity index (χ4n) is 3.33. The summed E-state index contributed by atoms with van der Waals surface area (Å²) in [6, 6.07) is 0. The smallest absolute Gasteiger partial charge is 0.0876 e. The van der Waals surface area contributed by atoms with E-state index in [4.69, 9.17) is 9.47 Å². The van der Waals surface area contributed by atoms with Gasteiger partial charge in [0.15, 0.2) is 0 Å². The van der Waals surface area contributed by atoms with E-state index in [9.17, 15) is 0 Å². The predicted octanol–water partition coefficient (Wildman–Crippen LogP) is 5.80. The zero-order valence-corrected chi connectivity index (χ0v) is 14.8. The van der Waals surface area contributed by atoms with Crippen LogP contribution in [-0.4, -0.2) is 24.4 Å². The molecule has 2 aliphatic heterocycles. The van der Waals surface area contributed by atoms with Crippen LogP contribution in [0.15, 0.2) is 12.2 Å². The lowest BCUT2D eigenvalue weighted by Gasteiger charge is -2.00. The van der Waals surface area contributed by atoms with Crippen LogP contribution in [0.25, 0.3) is 0 Å². The third kappa shape index (κ3) is 7.28. The molecule has 0 aromatic rings. The minimum Gasteiger partial charge on any atom is -0.369 e. The molecule has 0 bridgehead atoms. The molecule has 0 radical (unpaired) electrons. The van der Waals surface area contributed by atoms with Gasteiger partial charge in [-0.15, -0.1) is 0 Å². The molecule has 0 aromatic carbocycles. The molecule has 2 fully saturated rings. The van der Waals surface area contributed by atoms with Crippen molar-refractivity contribution in [3.63, 3.8) is 0 Å². The Labute approximate surface area is 137 Å². The Hall–Kier alpha value is -0.340. The quantitative estimate of drug-likeness (QED) is 0.230. The van der Waals surface area contributed by atoms with Crippen LogP contribution >= 0.6 is 0 Å². The lowest BCUT2D eigenvalue weighted by atomic mass is 10.1. The highest BCUT2D eigenvalue weighted by Crippen LogP contribution is 2.31. The van der Waals surface area contributed by atoms with E-state index < -0.39 is 0 Å². The first kappa shape index (κ1) is 18.0. The van der Waals surface area contributed by atoms with E-state index in [0.717, 1.165) is 19.3 Å². The predicted molar refractivity (Wildman–Crippen MR) is 93.2 cm³/mol. The summed E-state index contributed by atoms with van der Waals surface area (Å²) in [5.74, 6) is 0. The molecule has 2 aliphatic rings. The van der Waals surface area contributed by atoms with Crippen LogP contribution in [0.1, 0.15) is 90.9 Å². The molecular weight excluding hydrogens is 272 g/mol. The van der Waals surface area contributed by atoms with Crippen LogP contribution < -0.4 is 0 Å². The van der Waals surface area contributed by atoms with E-state index in [-0.39, 0.29) is 0 Å². The van der Waals surface area contributed by atoms with Gasteiger partial charge in [0, 0.05) is 0 Å². The third-order valence-electron chi connectivity index (χ3n) is 5.02. The van der Waals surface area contributed by atoms with E-state index in [1.807, 2.05) is 0 Å². The van der Waals surface area contributed by atoms with Gasteiger partial charge in [0.2, 0.25) is 0 Å². The van der Waals surface area contributed by atoms with Gasteiger partial charge < -0.3 is 9.47 Å². The van der Waals surface area contributed by atoms with Gasteiger partial charge in [0.1, 0.15) is 0 Å². The second-order valence-electron chi connectivity index (χ2n) is 7.04. The van der Waals surface area contributed by atoms with Crippen molar-refractivity contribution in [2.75, 3.05) is 0 Å². The molecule has 2 saturated heterocycles. The third-order valence-corrected chi connectivity index (χ3v) is 5.02. The summed E-state index contributed by atoms with van der Waals surface area (Å²) in [5, 5.41) is 0. The maximum absolute atomic E-state index is 5.76. The summed E-state index contributed by atoms with van der Waals surface area (Å²) in [6.45, 7) is 4.48. The second kappa shape index (κ2) is 10.4. The van der Waals surface area contributed by atoms with Gasteiger partial charge >= 0.3 is 0 Å². The average molecular weight is 309 g/mol. The molecule has 0 amide bonds. The lowest BCUT2D eigenvalue weighted by molar-refractivity contribution is 0.357. The maximum Gasteiger partial charge on any atom is 0.0876 e. The second-order valence-corrected chi connectivity index (χ2v) is 7.04. The Balaban J connectivity index is 1.34. The Morgan fingerprint density at radius 3 is 1.77 bits per heavy atom. The van der Waals surface area contributed by atoms with Crippen LogP contribution in [0, 0.1) is 0 Å². The fraction of sp³-hybridized carbons (Fsp3) is 0.900. The lowest BCUT2D eigenvalue weighted by Crippen LogP contribution is -1.93. The average Bonchev–Trinajstić information content (AvgIpc) is 3.42. The van der Waals surface area contributed by atoms with Gasteiger partial charge in [-0.1, -0.05) is 77.4 Å². The van der Waals surface area contributed by atoms with Crippen LogP contribution in [0.3, 0.4) is 0 Å². The van der Waals surface area contributed by atoms with Gasteiger partial charge in [-0.3, -0.25) is 0 Å². The van der Waals surface area contributed by atoms with Crippen LogP contribution in [-0.2, 0) is 9.47 Å². The number of epoxide rings is 2. The first-order valence-corrected chi connectivity index (χ1v) is 9.81. The summed E-state index contributed by atoms with van der Waals surface area (Å²) < 4.78 is 11.3. The van der Waals surface area contributed by atoms with E-state index in [1.165, 1.54) is 57.8 Å². The Morgan fingerprint density at radius 1 is 0.636 bits per heavy atom. The maximum atomic E-state index is 5.76. The van der Waals surface area contributed by atoms with Gasteiger partial charge in [-0.25, -0.2) is 0 Å². The van der Waals surface area contributed by atoms with Gasteiger partial charge in [0.25, 0.3) is 0 Å². The number of unbranched alkanes of at least 4 members (excludes halogenated alkanes) is 7. The molecule has 2 heteroatoms. The largest absolute Gasteiger partial charge is 0.369 e. The molecule has 2 nitrogen and oxygen atoms in total. The molecule has 0 N–H and O–H groups in total. The van der Waals surface area contributed by atoms with Crippen molar-refractivity contribution in [1.29, 1.82) is 0 Å². The normalized spacial score (nSPS) is 30.1. The molecule has 4 unspecified atom stereocenters. The number of ether oxygens (including phenoxy) is 2. The molecular formula is C20H36O2. The summed E-state index contributed by atoms with van der Waals surface area (Å²) in [5.41, 5.74) is 0. The van der Waals surface area contributed by atoms with Gasteiger partial charge in [-0.05, 0) is 25.7 Å². The van der Waals surface area contributed by atoms with Crippen molar-refractivity contribution in [2.24, 2.45) is 0 Å².